The van der Waals surface area contributed by atoms with Gasteiger partial charge < -0.3 is 4.42 Å². The van der Waals surface area contributed by atoms with E-state index in [0.29, 0.717) is 6.29 Å². The molecule has 0 amide bonds. The lowest BCUT2D eigenvalue weighted by Gasteiger charge is -2.08. The SMILES string of the molecule is Cc1ccc(S(=O)(=O)Cc2cc(Cl)cc3c(=O)c(C=O)coc23)cc1. The van der Waals surface area contributed by atoms with Gasteiger partial charge in [0, 0.05) is 10.6 Å². The summed E-state index contributed by atoms with van der Waals surface area (Å²) in [4.78, 5) is 23.3. The van der Waals surface area contributed by atoms with Crippen molar-refractivity contribution in [1.82, 2.24) is 0 Å². The van der Waals surface area contributed by atoms with E-state index in [2.05, 4.69) is 0 Å². The van der Waals surface area contributed by atoms with Crippen molar-refractivity contribution >= 4 is 38.7 Å². The molecule has 128 valence electrons. The molecule has 25 heavy (non-hydrogen) atoms. The van der Waals surface area contributed by atoms with E-state index in [1.807, 2.05) is 6.92 Å². The van der Waals surface area contributed by atoms with Gasteiger partial charge in [-0.25, -0.2) is 8.42 Å². The van der Waals surface area contributed by atoms with Crippen LogP contribution in [-0.4, -0.2) is 14.7 Å². The van der Waals surface area contributed by atoms with Gasteiger partial charge in [0.05, 0.1) is 21.6 Å². The Labute approximate surface area is 148 Å². The highest BCUT2D eigenvalue weighted by Gasteiger charge is 2.20. The molecule has 5 nitrogen and oxygen atoms in total. The first kappa shape index (κ1) is 17.4. The molecular formula is C18H13ClO5S. The van der Waals surface area contributed by atoms with Crippen LogP contribution in [0.3, 0.4) is 0 Å². The number of sulfone groups is 1. The first-order valence-electron chi connectivity index (χ1n) is 7.30. The number of rotatable bonds is 4. The van der Waals surface area contributed by atoms with Crippen LogP contribution >= 0.6 is 11.6 Å². The van der Waals surface area contributed by atoms with E-state index in [4.69, 9.17) is 16.0 Å². The summed E-state index contributed by atoms with van der Waals surface area (Å²) in [5.41, 5.74) is 0.614. The van der Waals surface area contributed by atoms with E-state index in [-0.39, 0.29) is 37.8 Å². The molecule has 0 radical (unpaired) electrons. The first-order valence-corrected chi connectivity index (χ1v) is 9.33. The topological polar surface area (TPSA) is 81.4 Å². The summed E-state index contributed by atoms with van der Waals surface area (Å²) in [6, 6.07) is 9.27. The largest absolute Gasteiger partial charge is 0.463 e. The number of hydrogen-bond acceptors (Lipinski definition) is 5. The van der Waals surface area contributed by atoms with E-state index in [9.17, 15) is 18.0 Å². The van der Waals surface area contributed by atoms with Gasteiger partial charge >= 0.3 is 0 Å². The van der Waals surface area contributed by atoms with Crippen molar-refractivity contribution < 1.29 is 17.6 Å². The van der Waals surface area contributed by atoms with Gasteiger partial charge in [-0.2, -0.15) is 0 Å². The second kappa shape index (κ2) is 6.46. The minimum absolute atomic E-state index is 0.0752. The molecule has 0 aliphatic carbocycles. The van der Waals surface area contributed by atoms with Gasteiger partial charge in [-0.15, -0.1) is 0 Å². The Balaban J connectivity index is 2.16. The zero-order valence-electron chi connectivity index (χ0n) is 13.2. The van der Waals surface area contributed by atoms with E-state index in [1.54, 1.807) is 12.1 Å². The Morgan fingerprint density at radius 3 is 2.48 bits per heavy atom. The molecule has 0 bridgehead atoms. The van der Waals surface area contributed by atoms with Crippen LogP contribution in [0.1, 0.15) is 21.5 Å². The van der Waals surface area contributed by atoms with Gasteiger partial charge in [0.15, 0.2) is 16.1 Å². The minimum atomic E-state index is -3.66. The fraction of sp³-hybridized carbons (Fsp3) is 0.111. The second-order valence-corrected chi connectivity index (χ2v) is 8.08. The standard InChI is InChI=1S/C18H13ClO5S/c1-11-2-4-15(5-3-11)25(22,23)10-12-6-14(19)7-16-17(21)13(8-20)9-24-18(12)16/h2-9H,10H2,1H3. The summed E-state index contributed by atoms with van der Waals surface area (Å²) < 4.78 is 30.7. The number of aryl methyl sites for hydroxylation is 1. The third kappa shape index (κ3) is 3.36. The monoisotopic (exact) mass is 376 g/mol. The van der Waals surface area contributed by atoms with Crippen LogP contribution in [0, 0.1) is 6.92 Å². The highest BCUT2D eigenvalue weighted by atomic mass is 35.5. The number of hydrogen-bond donors (Lipinski definition) is 0. The van der Waals surface area contributed by atoms with Crippen molar-refractivity contribution in [2.24, 2.45) is 0 Å². The second-order valence-electron chi connectivity index (χ2n) is 5.65. The Hall–Kier alpha value is -2.44. The van der Waals surface area contributed by atoms with Crippen molar-refractivity contribution in [2.75, 3.05) is 0 Å². The van der Waals surface area contributed by atoms with Crippen molar-refractivity contribution in [2.45, 2.75) is 17.6 Å². The Morgan fingerprint density at radius 1 is 1.16 bits per heavy atom. The molecule has 2 aromatic carbocycles. The van der Waals surface area contributed by atoms with Crippen molar-refractivity contribution in [3.63, 3.8) is 0 Å². The number of fused-ring (bicyclic) bond motifs is 1. The maximum Gasteiger partial charge on any atom is 0.203 e. The molecule has 0 aliphatic rings. The Bertz CT molecular complexity index is 1130. The van der Waals surface area contributed by atoms with Gasteiger partial charge in [0.25, 0.3) is 0 Å². The molecule has 1 heterocycles. The number of halogens is 1. The van der Waals surface area contributed by atoms with Gasteiger partial charge in [0.1, 0.15) is 11.8 Å². The van der Waals surface area contributed by atoms with Crippen LogP contribution < -0.4 is 5.43 Å². The maximum atomic E-state index is 12.7. The highest BCUT2D eigenvalue weighted by molar-refractivity contribution is 7.90. The molecule has 0 saturated carbocycles. The third-order valence-corrected chi connectivity index (χ3v) is 5.69. The van der Waals surface area contributed by atoms with E-state index < -0.39 is 15.3 Å². The quantitative estimate of drug-likeness (QED) is 0.650. The van der Waals surface area contributed by atoms with Crippen LogP contribution in [0.2, 0.25) is 5.02 Å². The Kier molecular flexibility index (Phi) is 4.49. The lowest BCUT2D eigenvalue weighted by Crippen LogP contribution is -2.10. The van der Waals surface area contributed by atoms with Crippen LogP contribution in [0.25, 0.3) is 11.0 Å². The van der Waals surface area contributed by atoms with E-state index in [0.717, 1.165) is 11.8 Å². The van der Waals surface area contributed by atoms with Crippen molar-refractivity contribution in [1.29, 1.82) is 0 Å². The summed E-state index contributed by atoms with van der Waals surface area (Å²) in [6.07, 6.45) is 1.41. The Morgan fingerprint density at radius 2 is 1.84 bits per heavy atom. The maximum absolute atomic E-state index is 12.7. The highest BCUT2D eigenvalue weighted by Crippen LogP contribution is 2.26. The molecule has 0 aliphatic heterocycles. The normalized spacial score (nSPS) is 11.6. The molecule has 0 fully saturated rings. The van der Waals surface area contributed by atoms with Gasteiger partial charge in [-0.05, 0) is 31.2 Å². The van der Waals surface area contributed by atoms with Gasteiger partial charge in [-0.3, -0.25) is 9.59 Å². The predicted molar refractivity (Wildman–Crippen MR) is 95.0 cm³/mol. The zero-order chi connectivity index (χ0) is 18.2. The molecule has 0 atom stereocenters. The summed E-state index contributed by atoms with van der Waals surface area (Å²) in [7, 11) is -3.66. The summed E-state index contributed by atoms with van der Waals surface area (Å²) in [6.45, 7) is 1.86. The van der Waals surface area contributed by atoms with Crippen LogP contribution in [-0.2, 0) is 15.6 Å². The van der Waals surface area contributed by atoms with Gasteiger partial charge in [-0.1, -0.05) is 29.3 Å². The average molecular weight is 377 g/mol. The molecule has 0 N–H and O–H groups in total. The molecular weight excluding hydrogens is 364 g/mol. The number of benzene rings is 2. The zero-order valence-corrected chi connectivity index (χ0v) is 14.7. The molecule has 0 unspecified atom stereocenters. The number of carbonyl (C=O) groups excluding carboxylic acids is 1. The smallest absolute Gasteiger partial charge is 0.203 e. The van der Waals surface area contributed by atoms with Crippen molar-refractivity contribution in [3.8, 4) is 0 Å². The fourth-order valence-corrected chi connectivity index (χ4v) is 4.09. The number of carbonyl (C=O) groups is 1. The molecule has 3 rings (SSSR count). The first-order chi connectivity index (χ1) is 11.8. The molecule has 0 spiro atoms. The third-order valence-electron chi connectivity index (χ3n) is 3.79. The fourth-order valence-electron chi connectivity index (χ4n) is 2.51. The lowest BCUT2D eigenvalue weighted by atomic mass is 10.1. The van der Waals surface area contributed by atoms with Gasteiger partial charge in [0.2, 0.25) is 5.43 Å². The molecule has 7 heteroatoms. The summed E-state index contributed by atoms with van der Waals surface area (Å²) in [5, 5.41) is 0.267. The lowest BCUT2D eigenvalue weighted by molar-refractivity contribution is 0.112. The summed E-state index contributed by atoms with van der Waals surface area (Å²) in [5.74, 6) is -0.378. The number of aldehydes is 1. The average Bonchev–Trinajstić information content (AvgIpc) is 2.56. The molecule has 0 saturated heterocycles. The minimum Gasteiger partial charge on any atom is -0.463 e. The predicted octanol–water partition coefficient (Wildman–Crippen LogP) is 3.54. The summed E-state index contributed by atoms with van der Waals surface area (Å²) >= 11 is 6.02. The van der Waals surface area contributed by atoms with E-state index in [1.165, 1.54) is 24.3 Å². The molecule has 3 aromatic rings. The van der Waals surface area contributed by atoms with Crippen LogP contribution in [0.4, 0.5) is 0 Å². The van der Waals surface area contributed by atoms with Crippen molar-refractivity contribution in [3.05, 3.63) is 74.6 Å². The van der Waals surface area contributed by atoms with Crippen LogP contribution in [0.5, 0.6) is 0 Å². The van der Waals surface area contributed by atoms with E-state index >= 15 is 0 Å². The van der Waals surface area contributed by atoms with Crippen LogP contribution in [0.15, 0.2) is 56.8 Å². The molecule has 1 aromatic heterocycles.